The molecule has 8 nitrogen and oxygen atoms in total. The maximum absolute atomic E-state index is 11.1. The Kier molecular flexibility index (Phi) is 13.8. The Hall–Kier alpha value is -2.71. The average molecular weight is 423 g/mol. The second-order valence-corrected chi connectivity index (χ2v) is 5.73. The van der Waals surface area contributed by atoms with Crippen molar-refractivity contribution in [1.29, 1.82) is 0 Å². The Balaban J connectivity index is 0.00000198. The van der Waals surface area contributed by atoms with Crippen LogP contribution < -0.4 is 0 Å². The number of hydrogen-bond acceptors (Lipinski definition) is 7. The monoisotopic (exact) mass is 422 g/mol. The lowest BCUT2D eigenvalue weighted by atomic mass is 10.0. The molecule has 0 saturated carbocycles. The van der Waals surface area contributed by atoms with E-state index in [1.807, 2.05) is 33.8 Å². The van der Waals surface area contributed by atoms with Gasteiger partial charge in [-0.15, -0.1) is 0 Å². The third-order valence-electron chi connectivity index (χ3n) is 3.80. The molecule has 3 N–H and O–H groups in total. The molecule has 0 saturated heterocycles. The van der Waals surface area contributed by atoms with Crippen LogP contribution in [-0.2, 0) is 14.3 Å². The minimum atomic E-state index is -1.48. The molecular formula is C22H34N2O6. The van der Waals surface area contributed by atoms with E-state index in [0.717, 1.165) is 24.5 Å². The highest BCUT2D eigenvalue weighted by atomic mass is 16.7. The van der Waals surface area contributed by atoms with Gasteiger partial charge < -0.3 is 24.8 Å². The number of aliphatic carboxylic acids is 1. The molecule has 168 valence electrons. The van der Waals surface area contributed by atoms with E-state index in [1.165, 1.54) is 0 Å². The molecule has 1 heterocycles. The first-order chi connectivity index (χ1) is 14.5. The molecule has 0 aromatic carbocycles. The third-order valence-corrected chi connectivity index (χ3v) is 3.80. The lowest BCUT2D eigenvalue weighted by molar-refractivity contribution is -0.192. The summed E-state index contributed by atoms with van der Waals surface area (Å²) in [5.74, 6) is -1.85. The van der Waals surface area contributed by atoms with E-state index in [4.69, 9.17) is 14.6 Å². The van der Waals surface area contributed by atoms with E-state index in [1.54, 1.807) is 13.3 Å². The summed E-state index contributed by atoms with van der Waals surface area (Å²) < 4.78 is 10.6. The standard InChI is InChI=1S/C18H22N2O6.2C2H6/c1-19-10-12(8-11-6-4-3-5-7-11)16(20-2)26-18-15(22)13(21)9-14(25-18)17(23)24;2*1-2/h4,6-7,9-10,13,15,18,21-22H,2-3,5,8H2,1H3,(H,23,24);2*1-2H3/b16-12+,19-10?;;. The van der Waals surface area contributed by atoms with Crippen LogP contribution in [0.1, 0.15) is 47.0 Å². The zero-order valence-corrected chi connectivity index (χ0v) is 18.4. The summed E-state index contributed by atoms with van der Waals surface area (Å²) in [5.41, 5.74) is 1.63. The van der Waals surface area contributed by atoms with Crippen molar-refractivity contribution in [2.24, 2.45) is 9.98 Å². The number of carboxylic acids is 1. The van der Waals surface area contributed by atoms with Gasteiger partial charge in [0.15, 0.2) is 6.10 Å². The zero-order valence-electron chi connectivity index (χ0n) is 18.4. The Morgan fingerprint density at radius 1 is 1.30 bits per heavy atom. The van der Waals surface area contributed by atoms with Crippen molar-refractivity contribution < 1.29 is 29.6 Å². The summed E-state index contributed by atoms with van der Waals surface area (Å²) in [6, 6.07) is 0. The molecule has 0 fully saturated rings. The zero-order chi connectivity index (χ0) is 23.1. The van der Waals surface area contributed by atoms with Gasteiger partial charge in [0.05, 0.1) is 0 Å². The lowest BCUT2D eigenvalue weighted by Gasteiger charge is -2.30. The van der Waals surface area contributed by atoms with E-state index in [0.29, 0.717) is 12.0 Å². The smallest absolute Gasteiger partial charge is 0.371 e. The maximum Gasteiger partial charge on any atom is 0.371 e. The Bertz CT molecular complexity index is 706. The van der Waals surface area contributed by atoms with Crippen molar-refractivity contribution >= 4 is 18.9 Å². The molecular weight excluding hydrogens is 388 g/mol. The number of rotatable bonds is 7. The van der Waals surface area contributed by atoms with Gasteiger partial charge >= 0.3 is 5.97 Å². The number of aliphatic hydroxyl groups is 2. The highest BCUT2D eigenvalue weighted by Gasteiger charge is 2.37. The number of ether oxygens (including phenoxy) is 2. The number of hydrogen-bond donors (Lipinski definition) is 3. The molecule has 0 amide bonds. The summed E-state index contributed by atoms with van der Waals surface area (Å²) in [6.45, 7) is 11.5. The Labute approximate surface area is 178 Å². The number of allylic oxidation sites excluding steroid dienone is 5. The fourth-order valence-corrected chi connectivity index (χ4v) is 2.54. The molecule has 1 aliphatic carbocycles. The van der Waals surface area contributed by atoms with Gasteiger partial charge in [0, 0.05) is 25.3 Å². The summed E-state index contributed by atoms with van der Waals surface area (Å²) >= 11 is 0. The number of carboxylic acid groups (broad SMARTS) is 1. The van der Waals surface area contributed by atoms with Gasteiger partial charge in [0.1, 0.15) is 6.10 Å². The highest BCUT2D eigenvalue weighted by Crippen LogP contribution is 2.25. The predicted molar refractivity (Wildman–Crippen MR) is 118 cm³/mol. The Morgan fingerprint density at radius 2 is 1.97 bits per heavy atom. The van der Waals surface area contributed by atoms with Crippen molar-refractivity contribution in [3.63, 3.8) is 0 Å². The molecule has 0 aromatic heterocycles. The van der Waals surface area contributed by atoms with Gasteiger partial charge in [-0.3, -0.25) is 4.99 Å². The third kappa shape index (κ3) is 8.34. The number of nitrogens with zero attached hydrogens (tertiary/aromatic N) is 2. The fourth-order valence-electron chi connectivity index (χ4n) is 2.54. The summed E-state index contributed by atoms with van der Waals surface area (Å²) in [7, 11) is 1.59. The van der Waals surface area contributed by atoms with E-state index < -0.39 is 30.2 Å². The van der Waals surface area contributed by atoms with Crippen molar-refractivity contribution in [1.82, 2.24) is 0 Å². The van der Waals surface area contributed by atoms with Crippen LogP contribution in [0.25, 0.3) is 0 Å². The molecule has 3 unspecified atom stereocenters. The van der Waals surface area contributed by atoms with Gasteiger partial charge in [-0.25, -0.2) is 9.79 Å². The minimum Gasteiger partial charge on any atom is -0.475 e. The molecule has 3 atom stereocenters. The maximum atomic E-state index is 11.1. The first-order valence-corrected chi connectivity index (χ1v) is 10.1. The van der Waals surface area contributed by atoms with Crippen LogP contribution in [0, 0.1) is 0 Å². The number of aliphatic imine (C=N–C) groups is 2. The molecule has 2 aliphatic rings. The van der Waals surface area contributed by atoms with Gasteiger partial charge in [-0.05, 0) is 31.2 Å². The quantitative estimate of drug-likeness (QED) is 0.427. The molecule has 8 heteroatoms. The van der Waals surface area contributed by atoms with E-state index >= 15 is 0 Å². The van der Waals surface area contributed by atoms with Crippen LogP contribution in [0.15, 0.2) is 57.1 Å². The number of carbonyl (C=O) groups is 1. The van der Waals surface area contributed by atoms with Crippen LogP contribution in [-0.4, -0.2) is 59.8 Å². The molecule has 2 rings (SSSR count). The Morgan fingerprint density at radius 3 is 2.47 bits per heavy atom. The van der Waals surface area contributed by atoms with E-state index in [-0.39, 0.29) is 5.88 Å². The topological polar surface area (TPSA) is 121 Å². The summed E-state index contributed by atoms with van der Waals surface area (Å²) in [5, 5.41) is 28.9. The highest BCUT2D eigenvalue weighted by molar-refractivity contribution is 5.84. The molecule has 1 aliphatic heterocycles. The fraction of sp³-hybridized carbons (Fsp3) is 0.500. The van der Waals surface area contributed by atoms with E-state index in [9.17, 15) is 15.0 Å². The largest absolute Gasteiger partial charge is 0.475 e. The predicted octanol–water partition coefficient (Wildman–Crippen LogP) is 3.38. The second-order valence-electron chi connectivity index (χ2n) is 5.73. The molecule has 0 bridgehead atoms. The molecule has 0 aromatic rings. The van der Waals surface area contributed by atoms with Crippen molar-refractivity contribution in [2.75, 3.05) is 7.05 Å². The molecule has 30 heavy (non-hydrogen) atoms. The van der Waals surface area contributed by atoms with E-state index in [2.05, 4.69) is 28.9 Å². The van der Waals surface area contributed by atoms with Gasteiger partial charge in [0.25, 0.3) is 6.29 Å². The molecule has 0 spiro atoms. The first-order valence-electron chi connectivity index (χ1n) is 10.1. The van der Waals surface area contributed by atoms with Gasteiger partial charge in [-0.2, -0.15) is 0 Å². The lowest BCUT2D eigenvalue weighted by Crippen LogP contribution is -2.44. The molecule has 0 radical (unpaired) electrons. The van der Waals surface area contributed by atoms with Crippen molar-refractivity contribution in [2.45, 2.75) is 65.5 Å². The van der Waals surface area contributed by atoms with Crippen LogP contribution in [0.3, 0.4) is 0 Å². The van der Waals surface area contributed by atoms with Crippen LogP contribution in [0.2, 0.25) is 0 Å². The second kappa shape index (κ2) is 15.2. The summed E-state index contributed by atoms with van der Waals surface area (Å²) in [6.07, 6.45) is 6.61. The first kappa shape index (κ1) is 27.3. The van der Waals surface area contributed by atoms with Crippen LogP contribution >= 0.6 is 0 Å². The summed E-state index contributed by atoms with van der Waals surface area (Å²) in [4.78, 5) is 18.9. The number of aliphatic hydroxyl groups excluding tert-OH is 2. The normalized spacial score (nSPS) is 23.4. The average Bonchev–Trinajstić information content (AvgIpc) is 2.77. The van der Waals surface area contributed by atoms with Crippen molar-refractivity contribution in [3.8, 4) is 0 Å². The SMILES string of the molecule is C=N/C(OC1OC(C(=O)O)=CC(O)C1O)=C(\C=NC)CC1=CCCC=C1.CC.CC. The minimum absolute atomic E-state index is 0.0402. The van der Waals surface area contributed by atoms with Crippen LogP contribution in [0.4, 0.5) is 0 Å². The van der Waals surface area contributed by atoms with Gasteiger partial charge in [-0.1, -0.05) is 45.9 Å². The van der Waals surface area contributed by atoms with Crippen LogP contribution in [0.5, 0.6) is 0 Å². The van der Waals surface area contributed by atoms with Gasteiger partial charge in [0.2, 0.25) is 11.6 Å². The van der Waals surface area contributed by atoms with Crippen molar-refractivity contribution in [3.05, 3.63) is 47.1 Å².